The van der Waals surface area contributed by atoms with Gasteiger partial charge in [-0.25, -0.2) is 4.98 Å². The Bertz CT molecular complexity index is 1050. The summed E-state index contributed by atoms with van der Waals surface area (Å²) < 4.78 is 11.9. The van der Waals surface area contributed by atoms with Gasteiger partial charge in [0.1, 0.15) is 11.5 Å². The Morgan fingerprint density at radius 1 is 1.17 bits per heavy atom. The highest BCUT2D eigenvalue weighted by Crippen LogP contribution is 2.34. The first kappa shape index (κ1) is 19.0. The van der Waals surface area contributed by atoms with Gasteiger partial charge in [-0.1, -0.05) is 36.4 Å². The number of aryl methyl sites for hydroxylation is 1. The number of hydrogen-bond donors (Lipinski definition) is 1. The number of carbonyl (C=O) groups is 1. The number of fused-ring (bicyclic) bond motifs is 1. The first-order valence-corrected chi connectivity index (χ1v) is 9.79. The van der Waals surface area contributed by atoms with Crippen molar-refractivity contribution in [1.82, 2.24) is 4.98 Å². The average molecular weight is 389 g/mol. The summed E-state index contributed by atoms with van der Waals surface area (Å²) in [6, 6.07) is 15.7. The Hall–Kier alpha value is -3.34. The Labute approximate surface area is 169 Å². The third-order valence-electron chi connectivity index (χ3n) is 5.12. The summed E-state index contributed by atoms with van der Waals surface area (Å²) >= 11 is 0. The molecule has 1 aliphatic carbocycles. The minimum atomic E-state index is -0.814. The van der Waals surface area contributed by atoms with Gasteiger partial charge in [0.2, 0.25) is 5.89 Å². The molecule has 0 aliphatic heterocycles. The molecule has 0 saturated heterocycles. The van der Waals surface area contributed by atoms with E-state index in [-0.39, 0.29) is 6.42 Å². The summed E-state index contributed by atoms with van der Waals surface area (Å²) in [7, 11) is 0. The monoisotopic (exact) mass is 389 g/mol. The number of hydrogen-bond acceptors (Lipinski definition) is 4. The fourth-order valence-corrected chi connectivity index (χ4v) is 3.71. The lowest BCUT2D eigenvalue weighted by Gasteiger charge is -2.20. The molecule has 5 heteroatoms. The largest absolute Gasteiger partial charge is 0.493 e. The molecule has 0 fully saturated rings. The molecule has 1 aromatic heterocycles. The number of allylic oxidation sites excluding steroid dienone is 1. The van der Waals surface area contributed by atoms with Crippen LogP contribution in [0.1, 0.15) is 35.4 Å². The second kappa shape index (κ2) is 8.35. The van der Waals surface area contributed by atoms with Crippen LogP contribution in [0.2, 0.25) is 0 Å². The fraction of sp³-hybridized carbons (Fsp3) is 0.250. The van der Waals surface area contributed by atoms with E-state index >= 15 is 0 Å². The smallest absolute Gasteiger partial charge is 0.307 e. The molecule has 1 aliphatic rings. The SMILES string of the molecule is Cc1oc(-c2ccccc2)nc1CCOc1cccc2c1CCC=C2CC(=O)O. The molecular weight excluding hydrogens is 366 g/mol. The quantitative estimate of drug-likeness (QED) is 0.610. The van der Waals surface area contributed by atoms with Crippen LogP contribution in [0.3, 0.4) is 0 Å². The van der Waals surface area contributed by atoms with Gasteiger partial charge < -0.3 is 14.3 Å². The zero-order valence-corrected chi connectivity index (χ0v) is 16.4. The zero-order valence-electron chi connectivity index (χ0n) is 16.4. The molecule has 0 atom stereocenters. The molecule has 2 aromatic carbocycles. The normalized spacial score (nSPS) is 12.9. The molecule has 29 heavy (non-hydrogen) atoms. The highest BCUT2D eigenvalue weighted by atomic mass is 16.5. The summed E-state index contributed by atoms with van der Waals surface area (Å²) in [4.78, 5) is 15.8. The van der Waals surface area contributed by atoms with E-state index in [1.165, 1.54) is 0 Å². The van der Waals surface area contributed by atoms with Crippen LogP contribution >= 0.6 is 0 Å². The van der Waals surface area contributed by atoms with E-state index in [0.29, 0.717) is 18.9 Å². The molecular formula is C24H23NO4. The Morgan fingerprint density at radius 3 is 2.79 bits per heavy atom. The molecule has 5 nitrogen and oxygen atoms in total. The lowest BCUT2D eigenvalue weighted by atomic mass is 9.88. The summed E-state index contributed by atoms with van der Waals surface area (Å²) in [5.74, 6) is 1.43. The van der Waals surface area contributed by atoms with Crippen molar-refractivity contribution >= 4 is 11.5 Å². The fourth-order valence-electron chi connectivity index (χ4n) is 3.71. The van der Waals surface area contributed by atoms with Crippen LogP contribution in [-0.4, -0.2) is 22.7 Å². The van der Waals surface area contributed by atoms with Crippen LogP contribution in [0.25, 0.3) is 17.0 Å². The first-order chi connectivity index (χ1) is 14.1. The molecule has 3 aromatic rings. The van der Waals surface area contributed by atoms with Gasteiger partial charge in [0.15, 0.2) is 0 Å². The molecule has 0 unspecified atom stereocenters. The van der Waals surface area contributed by atoms with E-state index in [0.717, 1.165) is 52.3 Å². The van der Waals surface area contributed by atoms with Crippen molar-refractivity contribution in [2.24, 2.45) is 0 Å². The van der Waals surface area contributed by atoms with Crippen molar-refractivity contribution in [3.63, 3.8) is 0 Å². The third-order valence-corrected chi connectivity index (χ3v) is 5.12. The predicted molar refractivity (Wildman–Crippen MR) is 111 cm³/mol. The number of rotatable bonds is 7. The maximum atomic E-state index is 11.1. The summed E-state index contributed by atoms with van der Waals surface area (Å²) in [5, 5.41) is 9.15. The van der Waals surface area contributed by atoms with Gasteiger partial charge in [0.05, 0.1) is 18.7 Å². The standard InChI is InChI=1S/C24H23NO4/c1-16-21(25-24(29-16)17-7-3-2-4-8-17)13-14-28-22-12-6-10-19-18(15-23(26)27)9-5-11-20(19)22/h2-4,6-10,12H,5,11,13-15H2,1H3,(H,26,27). The van der Waals surface area contributed by atoms with Crippen molar-refractivity contribution in [3.05, 3.63) is 77.2 Å². The van der Waals surface area contributed by atoms with Gasteiger partial charge in [0.25, 0.3) is 0 Å². The highest BCUT2D eigenvalue weighted by molar-refractivity contribution is 5.86. The maximum Gasteiger partial charge on any atom is 0.307 e. The number of ether oxygens (including phenoxy) is 1. The van der Waals surface area contributed by atoms with Gasteiger partial charge in [-0.3, -0.25) is 4.79 Å². The number of nitrogens with zero attached hydrogens (tertiary/aromatic N) is 1. The van der Waals surface area contributed by atoms with E-state index in [1.54, 1.807) is 0 Å². The topological polar surface area (TPSA) is 72.6 Å². The van der Waals surface area contributed by atoms with Crippen molar-refractivity contribution in [1.29, 1.82) is 0 Å². The molecule has 4 rings (SSSR count). The first-order valence-electron chi connectivity index (χ1n) is 9.79. The van der Waals surface area contributed by atoms with Gasteiger partial charge in [0, 0.05) is 17.5 Å². The lowest BCUT2D eigenvalue weighted by molar-refractivity contribution is -0.135. The molecule has 148 valence electrons. The second-order valence-corrected chi connectivity index (χ2v) is 7.11. The molecule has 0 radical (unpaired) electrons. The van der Waals surface area contributed by atoms with E-state index in [9.17, 15) is 4.79 Å². The summed E-state index contributed by atoms with van der Waals surface area (Å²) in [6.07, 6.45) is 4.39. The minimum Gasteiger partial charge on any atom is -0.493 e. The summed E-state index contributed by atoms with van der Waals surface area (Å²) in [5.41, 5.74) is 4.79. The zero-order chi connectivity index (χ0) is 20.2. The number of aliphatic carboxylic acids is 1. The van der Waals surface area contributed by atoms with E-state index < -0.39 is 5.97 Å². The van der Waals surface area contributed by atoms with E-state index in [1.807, 2.05) is 61.5 Å². The van der Waals surface area contributed by atoms with Gasteiger partial charge in [-0.15, -0.1) is 0 Å². The molecule has 0 spiro atoms. The van der Waals surface area contributed by atoms with Crippen LogP contribution in [-0.2, 0) is 17.6 Å². The van der Waals surface area contributed by atoms with Gasteiger partial charge in [-0.05, 0) is 49.1 Å². The number of carboxylic acid groups (broad SMARTS) is 1. The maximum absolute atomic E-state index is 11.1. The Kier molecular flexibility index (Phi) is 5.47. The molecule has 1 N–H and O–H groups in total. The number of aromatic nitrogens is 1. The van der Waals surface area contributed by atoms with Gasteiger partial charge >= 0.3 is 5.97 Å². The van der Waals surface area contributed by atoms with Crippen LogP contribution in [0, 0.1) is 6.92 Å². The minimum absolute atomic E-state index is 0.0385. The van der Waals surface area contributed by atoms with E-state index in [4.69, 9.17) is 14.3 Å². The van der Waals surface area contributed by atoms with Crippen LogP contribution in [0.4, 0.5) is 0 Å². The average Bonchev–Trinajstić information content (AvgIpc) is 3.09. The number of oxazole rings is 1. The van der Waals surface area contributed by atoms with Crippen LogP contribution in [0.5, 0.6) is 5.75 Å². The predicted octanol–water partition coefficient (Wildman–Crippen LogP) is 5.08. The lowest BCUT2D eigenvalue weighted by Crippen LogP contribution is -2.09. The Morgan fingerprint density at radius 2 is 2.00 bits per heavy atom. The summed E-state index contributed by atoms with van der Waals surface area (Å²) in [6.45, 7) is 2.40. The van der Waals surface area contributed by atoms with Crippen molar-refractivity contribution in [2.75, 3.05) is 6.61 Å². The highest BCUT2D eigenvalue weighted by Gasteiger charge is 2.19. The Balaban J connectivity index is 1.45. The second-order valence-electron chi connectivity index (χ2n) is 7.11. The van der Waals surface area contributed by atoms with Crippen molar-refractivity contribution in [3.8, 4) is 17.2 Å². The van der Waals surface area contributed by atoms with Crippen LogP contribution in [0.15, 0.2) is 59.0 Å². The molecule has 1 heterocycles. The van der Waals surface area contributed by atoms with E-state index in [2.05, 4.69) is 4.98 Å². The van der Waals surface area contributed by atoms with Crippen LogP contribution < -0.4 is 4.74 Å². The van der Waals surface area contributed by atoms with Crippen molar-refractivity contribution in [2.45, 2.75) is 32.6 Å². The number of carboxylic acids is 1. The third kappa shape index (κ3) is 4.24. The molecule has 0 bridgehead atoms. The van der Waals surface area contributed by atoms with Crippen molar-refractivity contribution < 1.29 is 19.1 Å². The number of benzene rings is 2. The van der Waals surface area contributed by atoms with Gasteiger partial charge in [-0.2, -0.15) is 0 Å². The molecule has 0 amide bonds. The molecule has 0 saturated carbocycles.